The minimum Gasteiger partial charge on any atom is -0.323 e. The predicted octanol–water partition coefficient (Wildman–Crippen LogP) is 4.96. The van der Waals surface area contributed by atoms with Gasteiger partial charge in [0.05, 0.1) is 11.4 Å². The average molecular weight is 464 g/mol. The summed E-state index contributed by atoms with van der Waals surface area (Å²) in [5.41, 5.74) is 3.53. The lowest BCUT2D eigenvalue weighted by Crippen LogP contribution is -2.45. The van der Waals surface area contributed by atoms with Crippen molar-refractivity contribution in [1.29, 1.82) is 0 Å². The fourth-order valence-corrected chi connectivity index (χ4v) is 3.98. The molecule has 0 bridgehead atoms. The van der Waals surface area contributed by atoms with E-state index >= 15 is 0 Å². The van der Waals surface area contributed by atoms with Gasteiger partial charge in [0.1, 0.15) is 0 Å². The normalized spacial score (nSPS) is 15.8. The van der Waals surface area contributed by atoms with Crippen LogP contribution in [0.1, 0.15) is 16.7 Å². The zero-order valence-corrected chi connectivity index (χ0v) is 18.6. The summed E-state index contributed by atoms with van der Waals surface area (Å²) in [6.45, 7) is 0. The second-order valence-electron chi connectivity index (χ2n) is 7.14. The van der Waals surface area contributed by atoms with Gasteiger partial charge in [0.25, 0.3) is 5.91 Å². The monoisotopic (exact) mass is 463 g/mol. The number of anilines is 1. The van der Waals surface area contributed by atoms with Crippen LogP contribution in [0.25, 0.3) is 6.08 Å². The van der Waals surface area contributed by atoms with E-state index in [4.69, 9.17) is 23.2 Å². The molecule has 3 aromatic carbocycles. The molecule has 0 fully saturated rings. The molecule has 1 aliphatic rings. The number of likely N-dealkylation sites (N-methyl/N-ethyl adjacent to an activating group) is 1. The number of aliphatic imine (C=N–C) groups is 1. The maximum Gasteiger partial charge on any atom is 0.272 e. The van der Waals surface area contributed by atoms with Gasteiger partial charge in [-0.1, -0.05) is 77.8 Å². The summed E-state index contributed by atoms with van der Waals surface area (Å²) < 4.78 is 0. The van der Waals surface area contributed by atoms with Crippen LogP contribution in [-0.2, 0) is 9.59 Å². The highest BCUT2D eigenvalue weighted by molar-refractivity contribution is 6.37. The smallest absolute Gasteiger partial charge is 0.272 e. The summed E-state index contributed by atoms with van der Waals surface area (Å²) >= 11 is 12.3. The van der Waals surface area contributed by atoms with Crippen molar-refractivity contribution < 1.29 is 9.59 Å². The zero-order chi connectivity index (χ0) is 22.7. The van der Waals surface area contributed by atoms with Gasteiger partial charge in [-0.15, -0.1) is 0 Å². The molecule has 0 saturated heterocycles. The number of halogens is 2. The highest BCUT2D eigenvalue weighted by Gasteiger charge is 2.30. The minimum atomic E-state index is -1.10. The molecular weight excluding hydrogens is 445 g/mol. The number of rotatable bonds is 4. The first-order valence-corrected chi connectivity index (χ1v) is 10.6. The van der Waals surface area contributed by atoms with Crippen molar-refractivity contribution in [2.45, 2.75) is 6.17 Å². The molecule has 1 heterocycles. The number of carbonyl (C=O) groups excluding carboxylic acids is 2. The summed E-state index contributed by atoms with van der Waals surface area (Å²) in [7, 11) is 1.67. The molecule has 1 N–H and O–H groups in total. The van der Waals surface area contributed by atoms with Crippen LogP contribution in [0.15, 0.2) is 83.9 Å². The van der Waals surface area contributed by atoms with Gasteiger partial charge in [0.15, 0.2) is 0 Å². The molecule has 7 heteroatoms. The highest BCUT2D eigenvalue weighted by Crippen LogP contribution is 2.27. The first kappa shape index (κ1) is 21.8. The van der Waals surface area contributed by atoms with Gasteiger partial charge in [-0.3, -0.25) is 9.59 Å². The second kappa shape index (κ2) is 9.39. The molecule has 0 aliphatic carbocycles. The first-order chi connectivity index (χ1) is 15.5. The Morgan fingerprint density at radius 2 is 1.62 bits per heavy atom. The molecule has 160 valence electrons. The van der Waals surface area contributed by atoms with E-state index < -0.39 is 12.1 Å². The summed E-state index contributed by atoms with van der Waals surface area (Å²) in [6, 6.07) is 22.2. The fraction of sp³-hybridized carbons (Fsp3) is 0.0800. The number of fused-ring (bicyclic) bond motifs is 1. The highest BCUT2D eigenvalue weighted by atomic mass is 35.5. The Morgan fingerprint density at radius 1 is 0.969 bits per heavy atom. The van der Waals surface area contributed by atoms with E-state index in [2.05, 4.69) is 10.3 Å². The van der Waals surface area contributed by atoms with Gasteiger partial charge >= 0.3 is 0 Å². The maximum absolute atomic E-state index is 13.1. The largest absolute Gasteiger partial charge is 0.323 e. The van der Waals surface area contributed by atoms with E-state index in [9.17, 15) is 9.59 Å². The van der Waals surface area contributed by atoms with Gasteiger partial charge in [-0.05, 0) is 24.3 Å². The van der Waals surface area contributed by atoms with Gasteiger partial charge < -0.3 is 10.2 Å². The average Bonchev–Trinajstić information content (AvgIpc) is 2.90. The summed E-state index contributed by atoms with van der Waals surface area (Å²) in [6.07, 6.45) is 1.71. The molecule has 0 radical (unpaired) electrons. The number of nitrogens with zero attached hydrogens (tertiary/aromatic N) is 2. The van der Waals surface area contributed by atoms with E-state index in [1.54, 1.807) is 25.2 Å². The molecule has 5 nitrogen and oxygen atoms in total. The lowest BCUT2D eigenvalue weighted by atomic mass is 10.0. The molecule has 3 aromatic rings. The van der Waals surface area contributed by atoms with Gasteiger partial charge in [0, 0.05) is 39.9 Å². The van der Waals surface area contributed by atoms with Crippen LogP contribution in [0.3, 0.4) is 0 Å². The first-order valence-electron chi connectivity index (χ1n) is 9.88. The number of nitrogens with one attached hydrogen (secondary N) is 1. The SMILES string of the molecule is CN1C(=O)C(NC(=O)/C=C/c2c(Cl)cccc2Cl)N=C(c2ccccc2)c2ccccc21. The topological polar surface area (TPSA) is 61.8 Å². The van der Waals surface area contributed by atoms with Crippen molar-refractivity contribution in [3.63, 3.8) is 0 Å². The van der Waals surface area contributed by atoms with Crippen LogP contribution >= 0.6 is 23.2 Å². The van der Waals surface area contributed by atoms with Crippen LogP contribution in [0.4, 0.5) is 5.69 Å². The number of carbonyl (C=O) groups is 2. The molecule has 2 amide bonds. The standard InChI is InChI=1S/C25H19Cl2N3O2/c1-30-21-13-6-5-10-18(21)23(16-8-3-2-4-9-16)29-24(25(30)32)28-22(31)15-14-17-19(26)11-7-12-20(17)27/h2-15,24H,1H3,(H,28,31)/b15-14+. The molecule has 4 rings (SSSR count). The quantitative estimate of drug-likeness (QED) is 0.555. The van der Waals surface area contributed by atoms with E-state index in [1.165, 1.54) is 17.1 Å². The van der Waals surface area contributed by atoms with Gasteiger partial charge in [-0.25, -0.2) is 4.99 Å². The predicted molar refractivity (Wildman–Crippen MR) is 129 cm³/mol. The number of hydrogen-bond donors (Lipinski definition) is 1. The summed E-state index contributed by atoms with van der Waals surface area (Å²) in [5.74, 6) is -0.837. The molecule has 1 unspecified atom stereocenters. The molecule has 0 aromatic heterocycles. The Balaban J connectivity index is 1.68. The van der Waals surface area contributed by atoms with Crippen LogP contribution in [0.5, 0.6) is 0 Å². The lowest BCUT2D eigenvalue weighted by molar-refractivity contribution is -0.124. The van der Waals surface area contributed by atoms with E-state index in [0.29, 0.717) is 21.3 Å². The number of benzene rings is 3. The zero-order valence-electron chi connectivity index (χ0n) is 17.1. The maximum atomic E-state index is 13.1. The van der Waals surface area contributed by atoms with Crippen LogP contribution in [0.2, 0.25) is 10.0 Å². The van der Waals surface area contributed by atoms with E-state index in [0.717, 1.165) is 16.8 Å². The van der Waals surface area contributed by atoms with Crippen LogP contribution in [-0.4, -0.2) is 30.7 Å². The lowest BCUT2D eigenvalue weighted by Gasteiger charge is -2.20. The molecule has 0 saturated carbocycles. The van der Waals surface area contributed by atoms with E-state index in [1.807, 2.05) is 54.6 Å². The minimum absolute atomic E-state index is 0.346. The Bertz CT molecular complexity index is 1220. The third-order valence-electron chi connectivity index (χ3n) is 5.07. The summed E-state index contributed by atoms with van der Waals surface area (Å²) in [4.78, 5) is 32.0. The van der Waals surface area contributed by atoms with Gasteiger partial charge in [0.2, 0.25) is 12.1 Å². The Morgan fingerprint density at radius 3 is 2.34 bits per heavy atom. The third kappa shape index (κ3) is 4.44. The van der Waals surface area contributed by atoms with Crippen LogP contribution in [0, 0.1) is 0 Å². The summed E-state index contributed by atoms with van der Waals surface area (Å²) in [5, 5.41) is 3.54. The molecule has 1 aliphatic heterocycles. The number of para-hydroxylation sites is 1. The third-order valence-corrected chi connectivity index (χ3v) is 5.73. The number of hydrogen-bond acceptors (Lipinski definition) is 3. The van der Waals surface area contributed by atoms with Crippen molar-refractivity contribution in [2.24, 2.45) is 4.99 Å². The molecular formula is C25H19Cl2N3O2. The van der Waals surface area contributed by atoms with Crippen molar-refractivity contribution in [3.05, 3.63) is 106 Å². The van der Waals surface area contributed by atoms with Crippen molar-refractivity contribution >= 4 is 52.5 Å². The van der Waals surface area contributed by atoms with Crippen molar-refractivity contribution in [2.75, 3.05) is 11.9 Å². The molecule has 1 atom stereocenters. The van der Waals surface area contributed by atoms with Crippen LogP contribution < -0.4 is 10.2 Å². The Kier molecular flexibility index (Phi) is 6.40. The van der Waals surface area contributed by atoms with Crippen molar-refractivity contribution in [3.8, 4) is 0 Å². The second-order valence-corrected chi connectivity index (χ2v) is 7.95. The Hall–Kier alpha value is -3.41. The number of benzodiazepines with no additional fused rings is 1. The molecule has 32 heavy (non-hydrogen) atoms. The van der Waals surface area contributed by atoms with Crippen molar-refractivity contribution in [1.82, 2.24) is 5.32 Å². The fourth-order valence-electron chi connectivity index (χ4n) is 3.45. The molecule has 0 spiro atoms. The van der Waals surface area contributed by atoms with Gasteiger partial charge in [-0.2, -0.15) is 0 Å². The van der Waals surface area contributed by atoms with E-state index in [-0.39, 0.29) is 5.91 Å². The number of amides is 2. The Labute approximate surface area is 196 Å².